The summed E-state index contributed by atoms with van der Waals surface area (Å²) in [6.45, 7) is 6.57. The van der Waals surface area contributed by atoms with Crippen LogP contribution in [0.1, 0.15) is 25.7 Å². The Kier molecular flexibility index (Phi) is 7.76. The Balaban J connectivity index is 1.84. The molecule has 0 bridgehead atoms. The van der Waals surface area contributed by atoms with Gasteiger partial charge >= 0.3 is 0 Å². The van der Waals surface area contributed by atoms with Gasteiger partial charge in [0.25, 0.3) is 0 Å². The van der Waals surface area contributed by atoms with Gasteiger partial charge in [-0.3, -0.25) is 0 Å². The molecule has 0 amide bonds. The van der Waals surface area contributed by atoms with Gasteiger partial charge in [0, 0.05) is 19.1 Å². The molecule has 1 rings (SSSR count). The molecule has 0 spiro atoms. The highest BCUT2D eigenvalue weighted by Crippen LogP contribution is 2.07. The normalized spacial score (nSPS) is 19.1. The number of nitrogens with one attached hydrogen (secondary N) is 2. The minimum Gasteiger partial charge on any atom is -0.330 e. The van der Waals surface area contributed by atoms with Crippen molar-refractivity contribution in [1.82, 2.24) is 15.5 Å². The number of unbranched alkanes of at least 4 members (excludes halogenated alkanes) is 1. The van der Waals surface area contributed by atoms with Gasteiger partial charge in [-0.2, -0.15) is 0 Å². The van der Waals surface area contributed by atoms with Gasteiger partial charge in [-0.1, -0.05) is 0 Å². The first-order valence-corrected chi connectivity index (χ1v) is 6.65. The fourth-order valence-electron chi connectivity index (χ4n) is 2.10. The zero-order chi connectivity index (χ0) is 11.6. The number of rotatable bonds is 8. The van der Waals surface area contributed by atoms with E-state index in [9.17, 15) is 0 Å². The first kappa shape index (κ1) is 13.9. The molecule has 1 saturated heterocycles. The molecular weight excluding hydrogens is 200 g/mol. The summed E-state index contributed by atoms with van der Waals surface area (Å²) in [4.78, 5) is 2.41. The number of hydrogen-bond acceptors (Lipinski definition) is 4. The van der Waals surface area contributed by atoms with Crippen molar-refractivity contribution in [2.75, 3.05) is 46.3 Å². The summed E-state index contributed by atoms with van der Waals surface area (Å²) >= 11 is 0. The fraction of sp³-hybridized carbons (Fsp3) is 1.00. The van der Waals surface area contributed by atoms with Crippen LogP contribution < -0.4 is 16.4 Å². The Morgan fingerprint density at radius 3 is 2.56 bits per heavy atom. The van der Waals surface area contributed by atoms with Crippen LogP contribution in [0.5, 0.6) is 0 Å². The molecule has 0 unspecified atom stereocenters. The highest BCUT2D eigenvalue weighted by atomic mass is 15.1. The molecule has 0 aromatic carbocycles. The summed E-state index contributed by atoms with van der Waals surface area (Å²) in [6, 6.07) is 0.738. The van der Waals surface area contributed by atoms with E-state index in [-0.39, 0.29) is 0 Å². The van der Waals surface area contributed by atoms with E-state index in [0.29, 0.717) is 0 Å². The molecule has 1 aliphatic rings. The lowest BCUT2D eigenvalue weighted by atomic mass is 10.1. The predicted molar refractivity (Wildman–Crippen MR) is 69.7 cm³/mol. The van der Waals surface area contributed by atoms with Crippen LogP contribution in [0.2, 0.25) is 0 Å². The van der Waals surface area contributed by atoms with Gasteiger partial charge in [0.15, 0.2) is 0 Å². The van der Waals surface area contributed by atoms with Crippen molar-refractivity contribution in [2.24, 2.45) is 5.73 Å². The van der Waals surface area contributed by atoms with Crippen LogP contribution in [0.4, 0.5) is 0 Å². The lowest BCUT2D eigenvalue weighted by Gasteiger charge is -2.29. The Labute approximate surface area is 99.9 Å². The summed E-state index contributed by atoms with van der Waals surface area (Å²) < 4.78 is 0. The van der Waals surface area contributed by atoms with E-state index in [0.717, 1.165) is 38.6 Å². The van der Waals surface area contributed by atoms with Gasteiger partial charge < -0.3 is 21.3 Å². The lowest BCUT2D eigenvalue weighted by Crippen LogP contribution is -2.43. The van der Waals surface area contributed by atoms with Crippen LogP contribution in [0.25, 0.3) is 0 Å². The molecule has 0 atom stereocenters. The first-order valence-electron chi connectivity index (χ1n) is 6.65. The third kappa shape index (κ3) is 6.43. The Morgan fingerprint density at radius 1 is 1.12 bits per heavy atom. The van der Waals surface area contributed by atoms with E-state index in [4.69, 9.17) is 5.73 Å². The monoisotopic (exact) mass is 228 g/mol. The molecule has 16 heavy (non-hydrogen) atoms. The molecule has 96 valence electrons. The summed E-state index contributed by atoms with van der Waals surface area (Å²) in [7, 11) is 2.20. The largest absolute Gasteiger partial charge is 0.330 e. The van der Waals surface area contributed by atoms with E-state index in [1.54, 1.807) is 0 Å². The molecule has 0 aliphatic carbocycles. The summed E-state index contributed by atoms with van der Waals surface area (Å²) in [5.74, 6) is 0. The van der Waals surface area contributed by atoms with Gasteiger partial charge in [-0.05, 0) is 58.9 Å². The first-order chi connectivity index (χ1) is 7.83. The molecule has 0 radical (unpaired) electrons. The van der Waals surface area contributed by atoms with Crippen molar-refractivity contribution in [3.8, 4) is 0 Å². The van der Waals surface area contributed by atoms with Gasteiger partial charge in [-0.15, -0.1) is 0 Å². The SMILES string of the molecule is CN1CCC(NCCNCCCCN)CC1. The van der Waals surface area contributed by atoms with Crippen LogP contribution in [-0.2, 0) is 0 Å². The molecule has 1 heterocycles. The highest BCUT2D eigenvalue weighted by molar-refractivity contribution is 4.75. The maximum absolute atomic E-state index is 5.43. The van der Waals surface area contributed by atoms with Gasteiger partial charge in [0.05, 0.1) is 0 Å². The number of likely N-dealkylation sites (tertiary alicyclic amines) is 1. The number of piperidine rings is 1. The van der Waals surface area contributed by atoms with Crippen LogP contribution in [0, 0.1) is 0 Å². The van der Waals surface area contributed by atoms with Crippen molar-refractivity contribution in [3.63, 3.8) is 0 Å². The second-order valence-electron chi connectivity index (χ2n) is 4.78. The lowest BCUT2D eigenvalue weighted by molar-refractivity contribution is 0.235. The summed E-state index contributed by atoms with van der Waals surface area (Å²) in [6.07, 6.45) is 4.92. The molecule has 0 saturated carbocycles. The zero-order valence-corrected chi connectivity index (χ0v) is 10.7. The highest BCUT2D eigenvalue weighted by Gasteiger charge is 2.14. The number of nitrogens with two attached hydrogens (primary N) is 1. The molecule has 4 nitrogen and oxygen atoms in total. The predicted octanol–water partition coefficient (Wildman–Crippen LogP) is -0.00130. The quantitative estimate of drug-likeness (QED) is 0.512. The topological polar surface area (TPSA) is 53.3 Å². The third-order valence-corrected chi connectivity index (χ3v) is 3.26. The molecular formula is C12H28N4. The van der Waals surface area contributed by atoms with Crippen molar-refractivity contribution < 1.29 is 0 Å². The maximum Gasteiger partial charge on any atom is 0.00919 e. The molecule has 4 N–H and O–H groups in total. The smallest absolute Gasteiger partial charge is 0.00919 e. The third-order valence-electron chi connectivity index (χ3n) is 3.26. The zero-order valence-electron chi connectivity index (χ0n) is 10.7. The van der Waals surface area contributed by atoms with Crippen molar-refractivity contribution in [3.05, 3.63) is 0 Å². The van der Waals surface area contributed by atoms with E-state index in [1.807, 2.05) is 0 Å². The van der Waals surface area contributed by atoms with Crippen molar-refractivity contribution in [2.45, 2.75) is 31.7 Å². The van der Waals surface area contributed by atoms with Gasteiger partial charge in [-0.25, -0.2) is 0 Å². The number of hydrogen-bond donors (Lipinski definition) is 3. The van der Waals surface area contributed by atoms with Gasteiger partial charge in [0.1, 0.15) is 0 Å². The van der Waals surface area contributed by atoms with Crippen molar-refractivity contribution >= 4 is 0 Å². The second-order valence-corrected chi connectivity index (χ2v) is 4.78. The second kappa shape index (κ2) is 8.93. The van der Waals surface area contributed by atoms with Crippen LogP contribution in [0.15, 0.2) is 0 Å². The molecule has 0 aromatic heterocycles. The van der Waals surface area contributed by atoms with E-state index < -0.39 is 0 Å². The fourth-order valence-corrected chi connectivity index (χ4v) is 2.10. The minimum atomic E-state index is 0.738. The molecule has 0 aromatic rings. The van der Waals surface area contributed by atoms with Crippen LogP contribution >= 0.6 is 0 Å². The Morgan fingerprint density at radius 2 is 1.88 bits per heavy atom. The summed E-state index contributed by atoms with van der Waals surface area (Å²) in [5, 5.41) is 7.06. The maximum atomic E-state index is 5.43. The summed E-state index contributed by atoms with van der Waals surface area (Å²) in [5.41, 5.74) is 5.43. The van der Waals surface area contributed by atoms with Crippen molar-refractivity contribution in [1.29, 1.82) is 0 Å². The standard InChI is InChI=1S/C12H28N4/c1-16-10-4-12(5-11-16)15-9-8-14-7-3-2-6-13/h12,14-15H,2-11,13H2,1H3. The Hall–Kier alpha value is -0.160. The molecule has 1 fully saturated rings. The number of nitrogens with zero attached hydrogens (tertiary/aromatic N) is 1. The molecule has 1 aliphatic heterocycles. The van der Waals surface area contributed by atoms with Crippen LogP contribution in [-0.4, -0.2) is 57.3 Å². The Bertz CT molecular complexity index is 155. The average molecular weight is 228 g/mol. The van der Waals surface area contributed by atoms with Gasteiger partial charge in [0.2, 0.25) is 0 Å². The van der Waals surface area contributed by atoms with E-state index in [2.05, 4.69) is 22.6 Å². The van der Waals surface area contributed by atoms with Crippen LogP contribution in [0.3, 0.4) is 0 Å². The minimum absolute atomic E-state index is 0.738. The molecule has 4 heteroatoms. The van der Waals surface area contributed by atoms with E-state index >= 15 is 0 Å². The average Bonchev–Trinajstić information content (AvgIpc) is 2.30. The van der Waals surface area contributed by atoms with E-state index in [1.165, 1.54) is 32.4 Å².